The molecule has 0 amide bonds. The van der Waals surface area contributed by atoms with E-state index in [2.05, 4.69) is 21.3 Å². The van der Waals surface area contributed by atoms with Crippen molar-refractivity contribution in [2.75, 3.05) is 19.0 Å². The van der Waals surface area contributed by atoms with E-state index >= 15 is 0 Å². The van der Waals surface area contributed by atoms with Gasteiger partial charge in [0, 0.05) is 31.2 Å². The van der Waals surface area contributed by atoms with Crippen LogP contribution >= 0.6 is 12.2 Å². The van der Waals surface area contributed by atoms with Crippen LogP contribution in [-0.4, -0.2) is 28.7 Å². The molecule has 0 saturated heterocycles. The van der Waals surface area contributed by atoms with Crippen molar-refractivity contribution in [3.63, 3.8) is 0 Å². The predicted octanol–water partition coefficient (Wildman–Crippen LogP) is 4.89. The van der Waals surface area contributed by atoms with Crippen LogP contribution in [0.5, 0.6) is 11.5 Å². The van der Waals surface area contributed by atoms with Crippen LogP contribution in [0.4, 0.5) is 5.69 Å². The average molecular weight is 408 g/mol. The Morgan fingerprint density at radius 1 is 1.00 bits per heavy atom. The summed E-state index contributed by atoms with van der Waals surface area (Å²) in [4.78, 5) is 6.33. The van der Waals surface area contributed by atoms with Gasteiger partial charge in [-0.2, -0.15) is 0 Å². The van der Waals surface area contributed by atoms with E-state index in [0.29, 0.717) is 24.8 Å². The number of ether oxygens (including phenoxy) is 2. The third-order valence-corrected chi connectivity index (χ3v) is 4.67. The molecule has 6 heteroatoms. The van der Waals surface area contributed by atoms with Crippen molar-refractivity contribution in [3.8, 4) is 11.5 Å². The summed E-state index contributed by atoms with van der Waals surface area (Å²) in [6.07, 6.45) is 3.63. The van der Waals surface area contributed by atoms with E-state index in [1.54, 1.807) is 13.3 Å². The van der Waals surface area contributed by atoms with Crippen molar-refractivity contribution in [1.29, 1.82) is 0 Å². The molecule has 0 bridgehead atoms. The Balaban J connectivity index is 1.76. The Morgan fingerprint density at radius 3 is 2.45 bits per heavy atom. The van der Waals surface area contributed by atoms with Gasteiger partial charge < -0.3 is 19.7 Å². The fourth-order valence-electron chi connectivity index (χ4n) is 2.91. The molecule has 0 spiro atoms. The van der Waals surface area contributed by atoms with Gasteiger partial charge >= 0.3 is 0 Å². The molecule has 2 aromatic carbocycles. The Labute approximate surface area is 177 Å². The molecule has 1 heterocycles. The SMILES string of the molecule is CCOc1ccc(NC(=S)N(Cc2cccnc2)Cc2cccc(OC)c2)cc1. The largest absolute Gasteiger partial charge is 0.497 e. The van der Waals surface area contributed by atoms with Gasteiger partial charge in [0.2, 0.25) is 0 Å². The lowest BCUT2D eigenvalue weighted by Gasteiger charge is -2.26. The number of nitrogens with one attached hydrogen (secondary N) is 1. The topological polar surface area (TPSA) is 46.6 Å². The van der Waals surface area contributed by atoms with E-state index in [1.807, 2.05) is 67.7 Å². The highest BCUT2D eigenvalue weighted by atomic mass is 32.1. The third-order valence-electron chi connectivity index (χ3n) is 4.31. The second-order valence-corrected chi connectivity index (χ2v) is 6.84. The highest BCUT2D eigenvalue weighted by Crippen LogP contribution is 2.19. The Kier molecular flexibility index (Phi) is 7.41. The number of methoxy groups -OCH3 is 1. The lowest BCUT2D eigenvalue weighted by Crippen LogP contribution is -2.33. The quantitative estimate of drug-likeness (QED) is 0.537. The zero-order chi connectivity index (χ0) is 20.5. The van der Waals surface area contributed by atoms with Crippen molar-refractivity contribution < 1.29 is 9.47 Å². The summed E-state index contributed by atoms with van der Waals surface area (Å²) in [7, 11) is 1.67. The molecule has 0 aliphatic carbocycles. The summed E-state index contributed by atoms with van der Waals surface area (Å²) in [6.45, 7) is 3.91. The number of hydrogen-bond donors (Lipinski definition) is 1. The Bertz CT molecular complexity index is 917. The van der Waals surface area contributed by atoms with Crippen molar-refractivity contribution in [1.82, 2.24) is 9.88 Å². The van der Waals surface area contributed by atoms with Crippen LogP contribution in [0.25, 0.3) is 0 Å². The summed E-state index contributed by atoms with van der Waals surface area (Å²) < 4.78 is 10.9. The number of pyridine rings is 1. The highest BCUT2D eigenvalue weighted by Gasteiger charge is 2.13. The van der Waals surface area contributed by atoms with Crippen molar-refractivity contribution in [2.45, 2.75) is 20.0 Å². The molecule has 3 rings (SSSR count). The molecule has 0 atom stereocenters. The molecule has 0 unspecified atom stereocenters. The Hall–Kier alpha value is -3.12. The molecule has 150 valence electrons. The van der Waals surface area contributed by atoms with Gasteiger partial charge in [-0.3, -0.25) is 4.98 Å². The number of aromatic nitrogens is 1. The minimum absolute atomic E-state index is 0.640. The van der Waals surface area contributed by atoms with Crippen LogP contribution in [0.1, 0.15) is 18.1 Å². The smallest absolute Gasteiger partial charge is 0.174 e. The lowest BCUT2D eigenvalue weighted by molar-refractivity contribution is 0.340. The molecular weight excluding hydrogens is 382 g/mol. The normalized spacial score (nSPS) is 10.3. The van der Waals surface area contributed by atoms with Crippen molar-refractivity contribution in [2.24, 2.45) is 0 Å². The molecule has 0 aliphatic rings. The minimum atomic E-state index is 0.640. The number of anilines is 1. The first-order valence-electron chi connectivity index (χ1n) is 9.48. The zero-order valence-electron chi connectivity index (χ0n) is 16.7. The molecule has 3 aromatic rings. The standard InChI is InChI=1S/C23H25N3O2S/c1-3-28-21-11-9-20(10-12-21)25-23(29)26(17-19-7-5-13-24-15-19)16-18-6-4-8-22(14-18)27-2/h4-15H,3,16-17H2,1-2H3,(H,25,29). The number of rotatable bonds is 8. The molecule has 0 radical (unpaired) electrons. The van der Waals surface area contributed by atoms with Gasteiger partial charge in [-0.15, -0.1) is 0 Å². The maximum absolute atomic E-state index is 5.73. The van der Waals surface area contributed by atoms with Gasteiger partial charge in [-0.1, -0.05) is 18.2 Å². The summed E-state index contributed by atoms with van der Waals surface area (Å²) in [5.74, 6) is 1.67. The fraction of sp³-hybridized carbons (Fsp3) is 0.217. The van der Waals surface area contributed by atoms with E-state index in [0.717, 1.165) is 28.3 Å². The van der Waals surface area contributed by atoms with Crippen LogP contribution < -0.4 is 14.8 Å². The third kappa shape index (κ3) is 6.19. The van der Waals surface area contributed by atoms with Crippen LogP contribution in [0.15, 0.2) is 73.1 Å². The van der Waals surface area contributed by atoms with E-state index in [1.165, 1.54) is 0 Å². The van der Waals surface area contributed by atoms with Gasteiger partial charge in [0.15, 0.2) is 5.11 Å². The molecular formula is C23H25N3O2S. The molecule has 5 nitrogen and oxygen atoms in total. The fourth-order valence-corrected chi connectivity index (χ4v) is 3.15. The number of hydrogen-bond acceptors (Lipinski definition) is 4. The Morgan fingerprint density at radius 2 is 1.76 bits per heavy atom. The number of thiocarbonyl (C=S) groups is 1. The average Bonchev–Trinajstić information content (AvgIpc) is 2.76. The monoisotopic (exact) mass is 407 g/mol. The van der Waals surface area contributed by atoms with Crippen LogP contribution in [-0.2, 0) is 13.1 Å². The lowest BCUT2D eigenvalue weighted by atomic mass is 10.2. The summed E-state index contributed by atoms with van der Waals surface area (Å²) in [6, 6.07) is 19.8. The van der Waals surface area contributed by atoms with Gasteiger partial charge in [-0.05, 0) is 72.7 Å². The number of benzene rings is 2. The first kappa shape index (κ1) is 20.6. The van der Waals surface area contributed by atoms with Crippen LogP contribution in [0, 0.1) is 0 Å². The summed E-state index contributed by atoms with van der Waals surface area (Å²) in [5, 5.41) is 3.97. The van der Waals surface area contributed by atoms with Crippen molar-refractivity contribution >= 4 is 23.0 Å². The van der Waals surface area contributed by atoms with E-state index in [-0.39, 0.29) is 0 Å². The maximum atomic E-state index is 5.73. The highest BCUT2D eigenvalue weighted by molar-refractivity contribution is 7.80. The molecule has 29 heavy (non-hydrogen) atoms. The van der Waals surface area contributed by atoms with E-state index < -0.39 is 0 Å². The van der Waals surface area contributed by atoms with Gasteiger partial charge in [0.25, 0.3) is 0 Å². The van der Waals surface area contributed by atoms with Gasteiger partial charge in [0.05, 0.1) is 13.7 Å². The number of nitrogens with zero attached hydrogens (tertiary/aromatic N) is 2. The zero-order valence-corrected chi connectivity index (χ0v) is 17.5. The van der Waals surface area contributed by atoms with Gasteiger partial charge in [0.1, 0.15) is 11.5 Å². The molecule has 1 N–H and O–H groups in total. The maximum Gasteiger partial charge on any atom is 0.174 e. The molecule has 0 aliphatic heterocycles. The van der Waals surface area contributed by atoms with Crippen molar-refractivity contribution in [3.05, 3.63) is 84.2 Å². The second-order valence-electron chi connectivity index (χ2n) is 6.46. The van der Waals surface area contributed by atoms with Crippen LogP contribution in [0.2, 0.25) is 0 Å². The molecule has 0 saturated carbocycles. The van der Waals surface area contributed by atoms with E-state index in [4.69, 9.17) is 21.7 Å². The minimum Gasteiger partial charge on any atom is -0.497 e. The predicted molar refractivity (Wildman–Crippen MR) is 120 cm³/mol. The van der Waals surface area contributed by atoms with E-state index in [9.17, 15) is 0 Å². The molecule has 1 aromatic heterocycles. The second kappa shape index (κ2) is 10.4. The summed E-state index contributed by atoms with van der Waals surface area (Å²) >= 11 is 5.73. The summed E-state index contributed by atoms with van der Waals surface area (Å²) in [5.41, 5.74) is 3.12. The first-order valence-corrected chi connectivity index (χ1v) is 9.89. The molecule has 0 fully saturated rings. The van der Waals surface area contributed by atoms with Crippen LogP contribution in [0.3, 0.4) is 0 Å². The first-order chi connectivity index (χ1) is 14.2. The van der Waals surface area contributed by atoms with Gasteiger partial charge in [-0.25, -0.2) is 0 Å².